The van der Waals surface area contributed by atoms with Crippen LogP contribution >= 0.6 is 0 Å². The molecule has 0 aromatic carbocycles. The summed E-state index contributed by atoms with van der Waals surface area (Å²) in [6, 6.07) is 0. The van der Waals surface area contributed by atoms with Crippen LogP contribution in [0.25, 0.3) is 0 Å². The Hall–Kier alpha value is -2.89. The highest BCUT2D eigenvalue weighted by Gasteiger charge is 2.19. The number of esters is 3. The molecule has 0 aromatic heterocycles. The van der Waals surface area contributed by atoms with Crippen LogP contribution in [-0.4, -0.2) is 37.2 Å². The van der Waals surface area contributed by atoms with Gasteiger partial charge in [-0.3, -0.25) is 14.4 Å². The predicted molar refractivity (Wildman–Crippen MR) is 335 cm³/mol. The van der Waals surface area contributed by atoms with Crippen LogP contribution in [0, 0.1) is 0 Å². The number of ether oxygens (including phenoxy) is 3. The van der Waals surface area contributed by atoms with Crippen LogP contribution in [0.4, 0.5) is 0 Å². The van der Waals surface area contributed by atoms with Crippen LogP contribution in [0.2, 0.25) is 0 Å². The molecule has 6 nitrogen and oxygen atoms in total. The van der Waals surface area contributed by atoms with Crippen molar-refractivity contribution in [3.8, 4) is 0 Å². The monoisotopic (exact) mass is 1080 g/mol. The first-order chi connectivity index (χ1) is 38.0. The van der Waals surface area contributed by atoms with E-state index in [0.717, 1.165) is 96.3 Å². The van der Waals surface area contributed by atoms with Crippen molar-refractivity contribution < 1.29 is 28.6 Å². The molecule has 0 bridgehead atoms. The molecule has 0 saturated heterocycles. The van der Waals surface area contributed by atoms with Crippen molar-refractivity contribution in [2.24, 2.45) is 0 Å². The fourth-order valence-corrected chi connectivity index (χ4v) is 9.96. The third-order valence-corrected chi connectivity index (χ3v) is 15.0. The molecule has 77 heavy (non-hydrogen) atoms. The van der Waals surface area contributed by atoms with Crippen molar-refractivity contribution >= 4 is 17.9 Å². The topological polar surface area (TPSA) is 78.9 Å². The van der Waals surface area contributed by atoms with Crippen molar-refractivity contribution in [1.29, 1.82) is 0 Å². The Bertz CT molecular complexity index is 1380. The second-order valence-corrected chi connectivity index (χ2v) is 22.7. The Morgan fingerprint density at radius 3 is 0.805 bits per heavy atom. The molecule has 0 spiro atoms. The molecule has 0 radical (unpaired) electrons. The summed E-state index contributed by atoms with van der Waals surface area (Å²) in [6.45, 7) is 6.57. The highest BCUT2D eigenvalue weighted by Crippen LogP contribution is 2.18. The third kappa shape index (κ3) is 63.8. The van der Waals surface area contributed by atoms with Crippen LogP contribution in [0.15, 0.2) is 60.8 Å². The molecule has 0 aliphatic carbocycles. The lowest BCUT2D eigenvalue weighted by atomic mass is 10.0. The lowest BCUT2D eigenvalue weighted by molar-refractivity contribution is -0.167. The van der Waals surface area contributed by atoms with Gasteiger partial charge in [-0.1, -0.05) is 313 Å². The largest absolute Gasteiger partial charge is 0.462 e. The zero-order chi connectivity index (χ0) is 55.7. The van der Waals surface area contributed by atoms with Gasteiger partial charge in [-0.2, -0.15) is 0 Å². The van der Waals surface area contributed by atoms with Gasteiger partial charge >= 0.3 is 17.9 Å². The maximum absolute atomic E-state index is 12.9. The van der Waals surface area contributed by atoms with E-state index >= 15 is 0 Å². The predicted octanol–water partition coefficient (Wildman–Crippen LogP) is 23.1. The van der Waals surface area contributed by atoms with E-state index in [1.807, 2.05) is 0 Å². The van der Waals surface area contributed by atoms with Crippen LogP contribution in [0.3, 0.4) is 0 Å². The molecule has 0 saturated carbocycles. The minimum absolute atomic E-state index is 0.0761. The van der Waals surface area contributed by atoms with Crippen molar-refractivity contribution in [2.45, 2.75) is 361 Å². The van der Waals surface area contributed by atoms with Gasteiger partial charge in [0, 0.05) is 19.3 Å². The number of hydrogen-bond donors (Lipinski definition) is 0. The van der Waals surface area contributed by atoms with Gasteiger partial charge < -0.3 is 14.2 Å². The molecule has 448 valence electrons. The average Bonchev–Trinajstić information content (AvgIpc) is 3.43. The van der Waals surface area contributed by atoms with E-state index in [-0.39, 0.29) is 31.1 Å². The zero-order valence-electron chi connectivity index (χ0n) is 51.5. The van der Waals surface area contributed by atoms with E-state index < -0.39 is 6.10 Å². The van der Waals surface area contributed by atoms with Crippen LogP contribution in [0.5, 0.6) is 0 Å². The summed E-state index contributed by atoms with van der Waals surface area (Å²) in [5.41, 5.74) is 0. The minimum Gasteiger partial charge on any atom is -0.462 e. The molecule has 0 heterocycles. The van der Waals surface area contributed by atoms with Crippen molar-refractivity contribution in [3.63, 3.8) is 0 Å². The van der Waals surface area contributed by atoms with E-state index in [1.165, 1.54) is 218 Å². The maximum atomic E-state index is 12.9. The highest BCUT2D eigenvalue weighted by molar-refractivity contribution is 5.71. The Balaban J connectivity index is 4.25. The van der Waals surface area contributed by atoms with E-state index in [0.29, 0.717) is 19.3 Å². The van der Waals surface area contributed by atoms with Crippen molar-refractivity contribution in [1.82, 2.24) is 0 Å². The van der Waals surface area contributed by atoms with E-state index in [9.17, 15) is 14.4 Å². The van der Waals surface area contributed by atoms with Gasteiger partial charge in [0.2, 0.25) is 0 Å². The van der Waals surface area contributed by atoms with Gasteiger partial charge in [-0.05, 0) is 83.5 Å². The number of hydrogen-bond acceptors (Lipinski definition) is 6. The van der Waals surface area contributed by atoms with Crippen LogP contribution in [-0.2, 0) is 28.6 Å². The van der Waals surface area contributed by atoms with E-state index in [4.69, 9.17) is 14.2 Å². The number of carbonyl (C=O) groups is 3. The summed E-state index contributed by atoms with van der Waals surface area (Å²) in [5, 5.41) is 0. The molecule has 0 amide bonds. The second kappa shape index (κ2) is 65.6. The molecule has 0 N–H and O–H groups in total. The second-order valence-electron chi connectivity index (χ2n) is 22.7. The van der Waals surface area contributed by atoms with Crippen LogP contribution in [0.1, 0.15) is 355 Å². The van der Waals surface area contributed by atoms with Gasteiger partial charge in [0.25, 0.3) is 0 Å². The molecule has 1 atom stereocenters. The Morgan fingerprint density at radius 2 is 0.506 bits per heavy atom. The van der Waals surface area contributed by atoms with Gasteiger partial charge in [0.15, 0.2) is 6.10 Å². The highest BCUT2D eigenvalue weighted by atomic mass is 16.6. The number of carbonyl (C=O) groups excluding carboxylic acids is 3. The molecule has 0 fully saturated rings. The maximum Gasteiger partial charge on any atom is 0.306 e. The lowest BCUT2D eigenvalue weighted by Crippen LogP contribution is -2.30. The third-order valence-electron chi connectivity index (χ3n) is 15.0. The van der Waals surface area contributed by atoms with E-state index in [2.05, 4.69) is 81.5 Å². The number of rotatable bonds is 62. The fourth-order valence-electron chi connectivity index (χ4n) is 9.96. The quantitative estimate of drug-likeness (QED) is 0.0261. The first-order valence-electron chi connectivity index (χ1n) is 33.8. The first kappa shape index (κ1) is 74.1. The standard InChI is InChI=1S/C71H128O6/c1-4-7-10-13-16-19-22-25-27-29-31-32-33-34-35-36-37-38-40-41-43-46-49-52-55-58-61-64-70(73)76-67-68(66-75-69(72)63-60-57-54-51-48-45-24-21-18-15-12-9-6-3)77-71(74)65-62-59-56-53-50-47-44-42-39-30-28-26-23-20-17-14-11-8-5-2/h8,11,17,20,26,28-29,31,39,42,68H,4-7,9-10,12-16,18-19,21-25,27,30,32-38,40-41,43-67H2,1-3H3/b11-8-,20-17-,28-26-,31-29-,42-39-. The summed E-state index contributed by atoms with van der Waals surface area (Å²) in [6.07, 6.45) is 83.8. The SMILES string of the molecule is CC/C=C\C/C=C\C/C=C\C/C=C\CCCCCCCCC(=O)OC(COC(=O)CCCCCCCCCCCCCCC)COC(=O)CCCCCCCCCCCCCCCCC/C=C\CCCCCCCCCC. The Morgan fingerprint density at radius 1 is 0.273 bits per heavy atom. The molecule has 0 rings (SSSR count). The number of allylic oxidation sites excluding steroid dienone is 10. The van der Waals surface area contributed by atoms with E-state index in [1.54, 1.807) is 0 Å². The summed E-state index contributed by atoms with van der Waals surface area (Å²) >= 11 is 0. The Labute approximate surface area is 479 Å². The van der Waals surface area contributed by atoms with Crippen molar-refractivity contribution in [3.05, 3.63) is 60.8 Å². The summed E-state index contributed by atoms with van der Waals surface area (Å²) in [4.78, 5) is 38.3. The van der Waals surface area contributed by atoms with Gasteiger partial charge in [-0.25, -0.2) is 0 Å². The molecule has 0 aromatic rings. The zero-order valence-corrected chi connectivity index (χ0v) is 51.5. The molecule has 0 aliphatic rings. The fraction of sp³-hybridized carbons (Fsp3) is 0.817. The normalized spacial score (nSPS) is 12.4. The summed E-state index contributed by atoms with van der Waals surface area (Å²) in [5.74, 6) is -0.869. The number of unbranched alkanes of at least 4 members (excludes halogenated alkanes) is 41. The smallest absolute Gasteiger partial charge is 0.306 e. The van der Waals surface area contributed by atoms with Gasteiger partial charge in [-0.15, -0.1) is 0 Å². The van der Waals surface area contributed by atoms with Gasteiger partial charge in [0.05, 0.1) is 0 Å². The molecule has 0 aliphatic heterocycles. The summed E-state index contributed by atoms with van der Waals surface area (Å²) < 4.78 is 16.9. The Kier molecular flexibility index (Phi) is 63.2. The molecule has 6 heteroatoms. The van der Waals surface area contributed by atoms with Crippen LogP contribution < -0.4 is 0 Å². The van der Waals surface area contributed by atoms with Crippen molar-refractivity contribution in [2.75, 3.05) is 13.2 Å². The summed E-state index contributed by atoms with van der Waals surface area (Å²) in [7, 11) is 0. The van der Waals surface area contributed by atoms with Gasteiger partial charge in [0.1, 0.15) is 13.2 Å². The average molecular weight is 1080 g/mol. The lowest BCUT2D eigenvalue weighted by Gasteiger charge is -2.18. The minimum atomic E-state index is -0.781. The first-order valence-corrected chi connectivity index (χ1v) is 33.8. The molecular weight excluding hydrogens is 949 g/mol. The molecular formula is C71H128O6. The molecule has 1 unspecified atom stereocenters.